The Labute approximate surface area is 112 Å². The van der Waals surface area contributed by atoms with Gasteiger partial charge in [0.1, 0.15) is 5.75 Å². The van der Waals surface area contributed by atoms with Crippen LogP contribution < -0.4 is 15.8 Å². The molecule has 0 aromatic heterocycles. The van der Waals surface area contributed by atoms with Crippen LogP contribution >= 0.6 is 0 Å². The van der Waals surface area contributed by atoms with Gasteiger partial charge >= 0.3 is 0 Å². The highest BCUT2D eigenvalue weighted by Gasteiger charge is 2.20. The van der Waals surface area contributed by atoms with Crippen LogP contribution in [0, 0.1) is 0 Å². The standard InChI is InChI=1S/C13H20N2O4/c1-8(13(18-3)19-4)15-12(16)10-6-5-9(14)7-11(10)17-2/h5-8,13H,14H2,1-4H3,(H,15,16). The number of nitrogens with two attached hydrogens (primary N) is 1. The Morgan fingerprint density at radius 1 is 1.26 bits per heavy atom. The van der Waals surface area contributed by atoms with E-state index in [-0.39, 0.29) is 11.9 Å². The highest BCUT2D eigenvalue weighted by atomic mass is 16.7. The summed E-state index contributed by atoms with van der Waals surface area (Å²) < 4.78 is 15.3. The van der Waals surface area contributed by atoms with Crippen LogP contribution in [0.15, 0.2) is 18.2 Å². The van der Waals surface area contributed by atoms with Crippen LogP contribution in [0.5, 0.6) is 5.75 Å². The zero-order valence-electron chi connectivity index (χ0n) is 11.6. The second-order valence-corrected chi connectivity index (χ2v) is 4.06. The van der Waals surface area contributed by atoms with Gasteiger partial charge in [0.05, 0.1) is 18.7 Å². The number of nitrogen functional groups attached to an aromatic ring is 1. The summed E-state index contributed by atoms with van der Waals surface area (Å²) >= 11 is 0. The predicted molar refractivity (Wildman–Crippen MR) is 72.1 cm³/mol. The third-order valence-corrected chi connectivity index (χ3v) is 2.70. The number of carbonyl (C=O) groups is 1. The van der Waals surface area contributed by atoms with Gasteiger partial charge in [0.15, 0.2) is 6.29 Å². The maximum absolute atomic E-state index is 12.1. The quantitative estimate of drug-likeness (QED) is 0.594. The van der Waals surface area contributed by atoms with Crippen molar-refractivity contribution in [3.8, 4) is 5.75 Å². The molecule has 6 nitrogen and oxygen atoms in total. The van der Waals surface area contributed by atoms with E-state index in [1.54, 1.807) is 25.1 Å². The summed E-state index contributed by atoms with van der Waals surface area (Å²) in [6, 6.07) is 4.56. The van der Waals surface area contributed by atoms with E-state index < -0.39 is 6.29 Å². The van der Waals surface area contributed by atoms with Crippen molar-refractivity contribution in [2.24, 2.45) is 0 Å². The number of ether oxygens (including phenoxy) is 3. The third-order valence-electron chi connectivity index (χ3n) is 2.70. The minimum absolute atomic E-state index is 0.275. The Hall–Kier alpha value is -1.79. The largest absolute Gasteiger partial charge is 0.496 e. The molecule has 1 atom stereocenters. The molecular formula is C13H20N2O4. The molecule has 1 unspecified atom stereocenters. The molecule has 0 radical (unpaired) electrons. The van der Waals surface area contributed by atoms with E-state index in [2.05, 4.69) is 5.32 Å². The summed E-state index contributed by atoms with van der Waals surface area (Å²) in [5.74, 6) is 0.152. The molecule has 0 aliphatic rings. The second-order valence-electron chi connectivity index (χ2n) is 4.06. The van der Waals surface area contributed by atoms with Crippen molar-refractivity contribution in [3.05, 3.63) is 23.8 Å². The van der Waals surface area contributed by atoms with Crippen LogP contribution in [0.25, 0.3) is 0 Å². The summed E-state index contributed by atoms with van der Waals surface area (Å²) in [6.45, 7) is 1.79. The van der Waals surface area contributed by atoms with Crippen molar-refractivity contribution >= 4 is 11.6 Å². The lowest BCUT2D eigenvalue weighted by molar-refractivity contribution is -0.117. The maximum atomic E-state index is 12.1. The molecule has 1 aromatic rings. The van der Waals surface area contributed by atoms with Gasteiger partial charge in [-0.2, -0.15) is 0 Å². The zero-order chi connectivity index (χ0) is 14.4. The molecule has 0 saturated carbocycles. The Balaban J connectivity index is 2.83. The minimum Gasteiger partial charge on any atom is -0.496 e. The zero-order valence-corrected chi connectivity index (χ0v) is 11.6. The number of hydrogen-bond donors (Lipinski definition) is 2. The first-order valence-electron chi connectivity index (χ1n) is 5.83. The average molecular weight is 268 g/mol. The van der Waals surface area contributed by atoms with Crippen molar-refractivity contribution in [2.45, 2.75) is 19.3 Å². The normalized spacial score (nSPS) is 12.3. The molecule has 0 aliphatic carbocycles. The van der Waals surface area contributed by atoms with Crippen LogP contribution in [0.3, 0.4) is 0 Å². The fourth-order valence-corrected chi connectivity index (χ4v) is 1.75. The van der Waals surface area contributed by atoms with Gasteiger partial charge in [-0.3, -0.25) is 4.79 Å². The molecule has 0 saturated heterocycles. The van der Waals surface area contributed by atoms with Crippen LogP contribution in [0.2, 0.25) is 0 Å². The molecule has 1 aromatic carbocycles. The first-order valence-corrected chi connectivity index (χ1v) is 5.83. The molecule has 19 heavy (non-hydrogen) atoms. The van der Waals surface area contributed by atoms with Crippen molar-refractivity contribution in [2.75, 3.05) is 27.1 Å². The van der Waals surface area contributed by atoms with Gasteiger partial charge in [-0.05, 0) is 19.1 Å². The Kier molecular flexibility index (Phi) is 5.59. The van der Waals surface area contributed by atoms with E-state index in [0.717, 1.165) is 0 Å². The Bertz CT molecular complexity index is 433. The summed E-state index contributed by atoms with van der Waals surface area (Å²) in [6.07, 6.45) is -0.510. The van der Waals surface area contributed by atoms with Crippen molar-refractivity contribution < 1.29 is 19.0 Å². The minimum atomic E-state index is -0.510. The lowest BCUT2D eigenvalue weighted by Crippen LogP contribution is -2.43. The molecule has 0 spiro atoms. The monoisotopic (exact) mass is 268 g/mol. The fourth-order valence-electron chi connectivity index (χ4n) is 1.75. The Morgan fingerprint density at radius 3 is 2.42 bits per heavy atom. The first-order chi connectivity index (χ1) is 9.03. The van der Waals surface area contributed by atoms with E-state index in [9.17, 15) is 4.79 Å². The first kappa shape index (κ1) is 15.3. The second kappa shape index (κ2) is 6.96. The van der Waals surface area contributed by atoms with Crippen molar-refractivity contribution in [1.29, 1.82) is 0 Å². The topological polar surface area (TPSA) is 82.8 Å². The van der Waals surface area contributed by atoms with Gasteiger partial charge in [-0.25, -0.2) is 0 Å². The predicted octanol–water partition coefficient (Wildman–Crippen LogP) is 1.01. The molecule has 0 aliphatic heterocycles. The number of nitrogens with one attached hydrogen (secondary N) is 1. The van der Waals surface area contributed by atoms with Gasteiger partial charge in [0.2, 0.25) is 0 Å². The lowest BCUT2D eigenvalue weighted by atomic mass is 10.1. The van der Waals surface area contributed by atoms with E-state index >= 15 is 0 Å². The van der Waals surface area contributed by atoms with Gasteiger partial charge in [0.25, 0.3) is 5.91 Å². The number of amides is 1. The summed E-state index contributed by atoms with van der Waals surface area (Å²) in [5.41, 5.74) is 6.59. The van der Waals surface area contributed by atoms with E-state index in [1.807, 2.05) is 0 Å². The Morgan fingerprint density at radius 2 is 1.89 bits per heavy atom. The van der Waals surface area contributed by atoms with E-state index in [0.29, 0.717) is 17.0 Å². The number of hydrogen-bond acceptors (Lipinski definition) is 5. The van der Waals surface area contributed by atoms with Crippen molar-refractivity contribution in [1.82, 2.24) is 5.32 Å². The summed E-state index contributed by atoms with van der Waals surface area (Å²) in [5, 5.41) is 2.78. The molecule has 1 amide bonds. The molecule has 6 heteroatoms. The lowest BCUT2D eigenvalue weighted by Gasteiger charge is -2.22. The smallest absolute Gasteiger partial charge is 0.255 e. The molecule has 0 fully saturated rings. The van der Waals surface area contributed by atoms with Crippen LogP contribution in [0.4, 0.5) is 5.69 Å². The van der Waals surface area contributed by atoms with Crippen molar-refractivity contribution in [3.63, 3.8) is 0 Å². The highest BCUT2D eigenvalue weighted by molar-refractivity contribution is 5.97. The fraction of sp³-hybridized carbons (Fsp3) is 0.462. The molecule has 1 rings (SSSR count). The SMILES string of the molecule is COc1cc(N)ccc1C(=O)NC(C)C(OC)OC. The van der Waals surface area contributed by atoms with E-state index in [1.165, 1.54) is 21.3 Å². The summed E-state index contributed by atoms with van der Waals surface area (Å²) in [7, 11) is 4.52. The van der Waals surface area contributed by atoms with Gasteiger partial charge < -0.3 is 25.3 Å². The van der Waals surface area contributed by atoms with Crippen LogP contribution in [-0.2, 0) is 9.47 Å². The number of methoxy groups -OCH3 is 3. The molecule has 0 heterocycles. The molecule has 3 N–H and O–H groups in total. The number of benzene rings is 1. The maximum Gasteiger partial charge on any atom is 0.255 e. The number of carbonyl (C=O) groups excluding carboxylic acids is 1. The van der Waals surface area contributed by atoms with Gasteiger partial charge in [0, 0.05) is 26.0 Å². The van der Waals surface area contributed by atoms with E-state index in [4.69, 9.17) is 19.9 Å². The van der Waals surface area contributed by atoms with Crippen LogP contribution in [-0.4, -0.2) is 39.6 Å². The third kappa shape index (κ3) is 3.84. The molecular weight excluding hydrogens is 248 g/mol. The summed E-state index contributed by atoms with van der Waals surface area (Å²) in [4.78, 5) is 12.1. The molecule has 0 bridgehead atoms. The van der Waals surface area contributed by atoms with Gasteiger partial charge in [-0.1, -0.05) is 0 Å². The highest BCUT2D eigenvalue weighted by Crippen LogP contribution is 2.21. The number of anilines is 1. The molecule has 106 valence electrons. The van der Waals surface area contributed by atoms with Gasteiger partial charge in [-0.15, -0.1) is 0 Å². The van der Waals surface area contributed by atoms with Crippen LogP contribution in [0.1, 0.15) is 17.3 Å². The average Bonchev–Trinajstić information content (AvgIpc) is 2.39. The number of rotatable bonds is 6.